The van der Waals surface area contributed by atoms with Crippen molar-refractivity contribution < 1.29 is 13.9 Å². The number of imidazole rings is 1. The Morgan fingerprint density at radius 2 is 2.22 bits per heavy atom. The summed E-state index contributed by atoms with van der Waals surface area (Å²) in [7, 11) is 0. The van der Waals surface area contributed by atoms with E-state index >= 15 is 4.39 Å². The van der Waals surface area contributed by atoms with Gasteiger partial charge in [0.25, 0.3) is 0 Å². The molecule has 0 radical (unpaired) electrons. The van der Waals surface area contributed by atoms with Gasteiger partial charge in [0.1, 0.15) is 18.3 Å². The van der Waals surface area contributed by atoms with Crippen molar-refractivity contribution >= 4 is 23.5 Å². The molecule has 0 aromatic carbocycles. The summed E-state index contributed by atoms with van der Waals surface area (Å²) in [5.74, 6) is 0.331. The predicted molar refractivity (Wildman–Crippen MR) is 128 cm³/mol. The zero-order valence-corrected chi connectivity index (χ0v) is 19.6. The highest BCUT2D eigenvalue weighted by molar-refractivity contribution is 5.78. The lowest BCUT2D eigenvalue weighted by Gasteiger charge is -2.18. The zero-order chi connectivity index (χ0) is 25.2. The Kier molecular flexibility index (Phi) is 6.20. The number of rotatable bonds is 6. The maximum Gasteiger partial charge on any atom is 0.407 e. The predicted octanol–water partition coefficient (Wildman–Crippen LogP) is 3.85. The number of anilines is 2. The second-order valence-corrected chi connectivity index (χ2v) is 8.87. The van der Waals surface area contributed by atoms with Gasteiger partial charge in [-0.3, -0.25) is 14.5 Å². The molecule has 11 nitrogen and oxygen atoms in total. The van der Waals surface area contributed by atoms with Crippen LogP contribution in [0, 0.1) is 11.3 Å². The van der Waals surface area contributed by atoms with E-state index in [0.717, 1.165) is 11.1 Å². The van der Waals surface area contributed by atoms with E-state index in [0.29, 0.717) is 35.9 Å². The van der Waals surface area contributed by atoms with Crippen LogP contribution in [0.2, 0.25) is 0 Å². The van der Waals surface area contributed by atoms with Gasteiger partial charge in [-0.2, -0.15) is 10.4 Å². The van der Waals surface area contributed by atoms with Gasteiger partial charge in [0.05, 0.1) is 6.20 Å². The molecule has 0 saturated heterocycles. The quantitative estimate of drug-likeness (QED) is 0.370. The first-order valence-corrected chi connectivity index (χ1v) is 11.5. The molecule has 1 saturated carbocycles. The highest BCUT2D eigenvalue weighted by Crippen LogP contribution is 2.38. The van der Waals surface area contributed by atoms with E-state index in [1.807, 2.05) is 26.0 Å². The number of hydrogen-bond acceptors (Lipinski definition) is 8. The number of ether oxygens (including phenoxy) is 1. The molecule has 1 aliphatic rings. The Hall–Kier alpha value is -4.53. The lowest BCUT2D eigenvalue weighted by atomic mass is 10.0. The van der Waals surface area contributed by atoms with Crippen molar-refractivity contribution in [2.75, 3.05) is 5.32 Å². The summed E-state index contributed by atoms with van der Waals surface area (Å²) in [6.07, 6.45) is 4.74. The van der Waals surface area contributed by atoms with Crippen LogP contribution in [-0.4, -0.2) is 54.0 Å². The Labute approximate surface area is 205 Å². The van der Waals surface area contributed by atoms with Gasteiger partial charge >= 0.3 is 6.09 Å². The molecule has 0 bridgehead atoms. The molecule has 0 unspecified atom stereocenters. The Bertz CT molecular complexity index is 1430. The highest BCUT2D eigenvalue weighted by Gasteiger charge is 2.41. The van der Waals surface area contributed by atoms with Crippen molar-refractivity contribution in [3.05, 3.63) is 54.4 Å². The van der Waals surface area contributed by atoms with Crippen LogP contribution in [0.4, 0.5) is 21.0 Å². The van der Waals surface area contributed by atoms with E-state index < -0.39 is 24.3 Å². The van der Waals surface area contributed by atoms with Crippen LogP contribution >= 0.6 is 0 Å². The molecule has 184 valence electrons. The fraction of sp³-hybridized carbons (Fsp3) is 0.333. The van der Waals surface area contributed by atoms with Crippen LogP contribution in [0.25, 0.3) is 16.8 Å². The van der Waals surface area contributed by atoms with Gasteiger partial charge in [-0.1, -0.05) is 6.07 Å². The monoisotopic (exact) mass is 489 g/mol. The molecule has 0 aliphatic heterocycles. The SMILES string of the molecule is CC(C)NC(=O)O[C@@H]1CC[C@H](c2cc(Nc3ncc(-c4cccnc4)c4nc(C#N)cn34)n[nH]2)[C@@H]1F. The van der Waals surface area contributed by atoms with Crippen LogP contribution in [0.5, 0.6) is 0 Å². The number of alkyl carbamates (subject to hydrolysis) is 1. The number of amides is 1. The van der Waals surface area contributed by atoms with Crippen molar-refractivity contribution in [1.82, 2.24) is 34.9 Å². The standard InChI is InChI=1S/C24H24FN9O2/c1-13(2)29-24(35)36-19-6-5-16(21(19)25)18-8-20(33-32-18)31-23-28-11-17(14-4-3-7-27-10-14)22-30-15(9-26)12-34(22)23/h3-4,7-8,10-13,16,19,21H,5-6H2,1-2H3,(H,29,35)(H2,28,31,32,33)/t16-,19-,21+/m1/s1. The fourth-order valence-electron chi connectivity index (χ4n) is 4.33. The molecule has 0 spiro atoms. The number of halogens is 1. The summed E-state index contributed by atoms with van der Waals surface area (Å²) in [6, 6.07) is 7.37. The molecular formula is C24H24FN9O2. The number of nitrogens with zero attached hydrogens (tertiary/aromatic N) is 6. The van der Waals surface area contributed by atoms with Crippen molar-refractivity contribution in [2.24, 2.45) is 0 Å². The first-order chi connectivity index (χ1) is 17.4. The van der Waals surface area contributed by atoms with Gasteiger partial charge in [-0.25, -0.2) is 19.2 Å². The van der Waals surface area contributed by atoms with Crippen LogP contribution in [0.15, 0.2) is 43.0 Å². The topological polar surface area (TPSA) is 146 Å². The first kappa shape index (κ1) is 23.2. The minimum atomic E-state index is -1.35. The third-order valence-corrected chi connectivity index (χ3v) is 5.98. The number of aromatic amines is 1. The van der Waals surface area contributed by atoms with Gasteiger partial charge in [0.2, 0.25) is 5.95 Å². The fourth-order valence-corrected chi connectivity index (χ4v) is 4.33. The molecule has 3 N–H and O–H groups in total. The number of hydrogen-bond donors (Lipinski definition) is 3. The van der Waals surface area contributed by atoms with Crippen LogP contribution in [0.1, 0.15) is 44.0 Å². The van der Waals surface area contributed by atoms with E-state index in [2.05, 4.69) is 41.9 Å². The summed E-state index contributed by atoms with van der Waals surface area (Å²) < 4.78 is 22.0. The van der Waals surface area contributed by atoms with Crippen LogP contribution < -0.4 is 10.6 Å². The lowest BCUT2D eigenvalue weighted by molar-refractivity contribution is 0.0555. The summed E-state index contributed by atoms with van der Waals surface area (Å²) in [5.41, 5.74) is 2.89. The molecule has 4 aromatic heterocycles. The summed E-state index contributed by atoms with van der Waals surface area (Å²) in [5, 5.41) is 22.3. The third kappa shape index (κ3) is 4.55. The van der Waals surface area contributed by atoms with Crippen molar-refractivity contribution in [2.45, 2.75) is 50.9 Å². The van der Waals surface area contributed by atoms with Crippen LogP contribution in [0.3, 0.4) is 0 Å². The van der Waals surface area contributed by atoms with Gasteiger partial charge < -0.3 is 15.4 Å². The smallest absolute Gasteiger partial charge is 0.407 e. The number of aromatic nitrogens is 6. The second kappa shape index (κ2) is 9.61. The van der Waals surface area contributed by atoms with Crippen molar-refractivity contribution in [3.63, 3.8) is 0 Å². The van der Waals surface area contributed by atoms with Gasteiger partial charge in [0.15, 0.2) is 17.2 Å². The molecule has 5 rings (SSSR count). The number of carbonyl (C=O) groups is 1. The van der Waals surface area contributed by atoms with E-state index in [9.17, 15) is 10.1 Å². The summed E-state index contributed by atoms with van der Waals surface area (Å²) >= 11 is 0. The highest BCUT2D eigenvalue weighted by atomic mass is 19.1. The Morgan fingerprint density at radius 3 is 2.97 bits per heavy atom. The maximum absolute atomic E-state index is 15.1. The third-order valence-electron chi connectivity index (χ3n) is 5.98. The normalized spacial score (nSPS) is 19.4. The number of fused-ring (bicyclic) bond motifs is 1. The minimum Gasteiger partial charge on any atom is -0.443 e. The average Bonchev–Trinajstić information content (AvgIpc) is 3.59. The van der Waals surface area contributed by atoms with Gasteiger partial charge in [-0.15, -0.1) is 0 Å². The van der Waals surface area contributed by atoms with Crippen molar-refractivity contribution in [1.29, 1.82) is 5.26 Å². The average molecular weight is 490 g/mol. The van der Waals surface area contributed by atoms with E-state index in [1.165, 1.54) is 0 Å². The molecular weight excluding hydrogens is 465 g/mol. The second-order valence-electron chi connectivity index (χ2n) is 8.87. The van der Waals surface area contributed by atoms with Crippen LogP contribution in [-0.2, 0) is 4.74 Å². The molecule has 1 fully saturated rings. The van der Waals surface area contributed by atoms with Crippen molar-refractivity contribution in [3.8, 4) is 17.2 Å². The Balaban J connectivity index is 1.35. The molecule has 12 heteroatoms. The summed E-state index contributed by atoms with van der Waals surface area (Å²) in [6.45, 7) is 3.62. The first-order valence-electron chi connectivity index (χ1n) is 11.5. The molecule has 4 aromatic rings. The van der Waals surface area contributed by atoms with E-state index in [-0.39, 0.29) is 11.7 Å². The summed E-state index contributed by atoms with van der Waals surface area (Å²) in [4.78, 5) is 24.9. The number of pyridine rings is 1. The Morgan fingerprint density at radius 1 is 1.36 bits per heavy atom. The molecule has 36 heavy (non-hydrogen) atoms. The molecule has 3 atom stereocenters. The maximum atomic E-state index is 15.1. The number of H-pyrrole nitrogens is 1. The minimum absolute atomic E-state index is 0.0905. The zero-order valence-electron chi connectivity index (χ0n) is 19.6. The molecule has 4 heterocycles. The largest absolute Gasteiger partial charge is 0.443 e. The van der Waals surface area contributed by atoms with E-state index in [1.54, 1.807) is 35.3 Å². The number of nitrogens with one attached hydrogen (secondary N) is 3. The van der Waals surface area contributed by atoms with Gasteiger partial charge in [-0.05, 0) is 32.8 Å². The lowest BCUT2D eigenvalue weighted by Crippen LogP contribution is -2.36. The number of nitriles is 1. The van der Waals surface area contributed by atoms with Gasteiger partial charge in [0, 0.05) is 53.4 Å². The molecule has 1 aliphatic carbocycles. The number of carbonyl (C=O) groups excluding carboxylic acids is 1. The van der Waals surface area contributed by atoms with E-state index in [4.69, 9.17) is 4.74 Å². The number of alkyl halides is 1. The molecule has 1 amide bonds.